The molecule has 0 unspecified atom stereocenters. The van der Waals surface area contributed by atoms with Crippen molar-refractivity contribution >= 4 is 15.9 Å². The van der Waals surface area contributed by atoms with Gasteiger partial charge in [-0.2, -0.15) is 4.31 Å². The lowest BCUT2D eigenvalue weighted by molar-refractivity contribution is -0.895. The van der Waals surface area contributed by atoms with Gasteiger partial charge in [0.1, 0.15) is 0 Å². The van der Waals surface area contributed by atoms with E-state index in [0.29, 0.717) is 44.2 Å². The Morgan fingerprint density at radius 3 is 2.40 bits per heavy atom. The standard InChI is InChI=1S/C23H31N3O3S/c1-19-10-11-22(17-20(19)2)30(28,29)26-15-13-25(14-16-26)18-23(27)24-12-6-9-21-7-4-3-5-8-21/h3-5,7-8,10-11,17H,6,9,12-16,18H2,1-2H3,(H,24,27)/p+1. The number of benzene rings is 2. The van der Waals surface area contributed by atoms with Crippen molar-refractivity contribution in [3.05, 3.63) is 65.2 Å². The van der Waals surface area contributed by atoms with Gasteiger partial charge in [-0.25, -0.2) is 8.42 Å². The summed E-state index contributed by atoms with van der Waals surface area (Å²) in [4.78, 5) is 13.7. The van der Waals surface area contributed by atoms with Gasteiger partial charge in [-0.15, -0.1) is 0 Å². The second kappa shape index (κ2) is 10.2. The van der Waals surface area contributed by atoms with Crippen LogP contribution in [0.2, 0.25) is 0 Å². The molecule has 1 saturated heterocycles. The van der Waals surface area contributed by atoms with Crippen molar-refractivity contribution < 1.29 is 18.1 Å². The van der Waals surface area contributed by atoms with E-state index in [0.717, 1.165) is 28.9 Å². The first kappa shape index (κ1) is 22.5. The molecule has 1 aliphatic heterocycles. The molecule has 0 radical (unpaired) electrons. The summed E-state index contributed by atoms with van der Waals surface area (Å²) in [5.74, 6) is 0.0310. The van der Waals surface area contributed by atoms with Crippen molar-refractivity contribution in [2.75, 3.05) is 39.3 Å². The normalized spacial score (nSPS) is 15.8. The summed E-state index contributed by atoms with van der Waals surface area (Å²) in [7, 11) is -3.48. The molecule has 2 N–H and O–H groups in total. The highest BCUT2D eigenvalue weighted by Gasteiger charge is 2.31. The highest BCUT2D eigenvalue weighted by molar-refractivity contribution is 7.89. The summed E-state index contributed by atoms with van der Waals surface area (Å²) >= 11 is 0. The molecule has 2 aromatic carbocycles. The van der Waals surface area contributed by atoms with E-state index in [4.69, 9.17) is 0 Å². The minimum Gasteiger partial charge on any atom is -0.351 e. The Hall–Kier alpha value is -2.22. The van der Waals surface area contributed by atoms with Crippen LogP contribution in [0.4, 0.5) is 0 Å². The second-order valence-electron chi connectivity index (χ2n) is 8.02. The molecule has 0 aromatic heterocycles. The summed E-state index contributed by atoms with van der Waals surface area (Å²) in [6.45, 7) is 7.10. The van der Waals surface area contributed by atoms with Crippen LogP contribution in [-0.4, -0.2) is 57.9 Å². The molecule has 1 heterocycles. The third-order valence-electron chi connectivity index (χ3n) is 5.76. The lowest BCUT2D eigenvalue weighted by Crippen LogP contribution is -3.15. The highest BCUT2D eigenvalue weighted by Crippen LogP contribution is 2.19. The van der Waals surface area contributed by atoms with Gasteiger partial charge >= 0.3 is 0 Å². The van der Waals surface area contributed by atoms with Gasteiger partial charge in [0.2, 0.25) is 10.0 Å². The summed E-state index contributed by atoms with van der Waals surface area (Å²) in [6.07, 6.45) is 1.86. The first-order chi connectivity index (χ1) is 14.4. The average molecular weight is 431 g/mol. The van der Waals surface area contributed by atoms with E-state index < -0.39 is 10.0 Å². The first-order valence-corrected chi connectivity index (χ1v) is 12.0. The largest absolute Gasteiger partial charge is 0.351 e. The van der Waals surface area contributed by atoms with Gasteiger partial charge in [0.05, 0.1) is 31.1 Å². The second-order valence-corrected chi connectivity index (χ2v) is 9.95. The van der Waals surface area contributed by atoms with Crippen LogP contribution in [0.5, 0.6) is 0 Å². The van der Waals surface area contributed by atoms with Crippen LogP contribution in [0.25, 0.3) is 0 Å². The van der Waals surface area contributed by atoms with Crippen LogP contribution in [0.15, 0.2) is 53.4 Å². The van der Waals surface area contributed by atoms with Crippen LogP contribution in [-0.2, 0) is 21.2 Å². The smallest absolute Gasteiger partial charge is 0.275 e. The third kappa shape index (κ3) is 5.90. The van der Waals surface area contributed by atoms with Gasteiger partial charge in [-0.05, 0) is 55.5 Å². The quantitative estimate of drug-likeness (QED) is 0.613. The Kier molecular flexibility index (Phi) is 7.64. The van der Waals surface area contributed by atoms with Crippen LogP contribution in [0.3, 0.4) is 0 Å². The van der Waals surface area contributed by atoms with Crippen LogP contribution < -0.4 is 10.2 Å². The van der Waals surface area contributed by atoms with Gasteiger partial charge in [0, 0.05) is 6.54 Å². The lowest BCUT2D eigenvalue weighted by Gasteiger charge is -2.31. The van der Waals surface area contributed by atoms with Gasteiger partial charge in [-0.3, -0.25) is 4.79 Å². The van der Waals surface area contributed by atoms with Crippen molar-refractivity contribution in [1.82, 2.24) is 9.62 Å². The van der Waals surface area contributed by atoms with Crippen molar-refractivity contribution in [2.45, 2.75) is 31.6 Å². The molecule has 6 nitrogen and oxygen atoms in total. The zero-order valence-corrected chi connectivity index (χ0v) is 18.7. The number of carbonyl (C=O) groups excluding carboxylic acids is 1. The predicted molar refractivity (Wildman–Crippen MR) is 118 cm³/mol. The maximum absolute atomic E-state index is 12.9. The number of quaternary nitrogens is 1. The molecule has 7 heteroatoms. The minimum atomic E-state index is -3.48. The van der Waals surface area contributed by atoms with E-state index >= 15 is 0 Å². The number of amides is 1. The fourth-order valence-corrected chi connectivity index (χ4v) is 5.22. The van der Waals surface area contributed by atoms with Crippen molar-refractivity contribution in [3.63, 3.8) is 0 Å². The molecule has 1 aliphatic rings. The van der Waals surface area contributed by atoms with E-state index in [1.807, 2.05) is 38.1 Å². The number of rotatable bonds is 8. The number of hydrogen-bond donors (Lipinski definition) is 2. The van der Waals surface area contributed by atoms with Crippen molar-refractivity contribution in [3.8, 4) is 0 Å². The molecule has 0 spiro atoms. The number of sulfonamides is 1. The monoisotopic (exact) mass is 430 g/mol. The summed E-state index contributed by atoms with van der Waals surface area (Å²) in [6, 6.07) is 15.5. The number of piperazine rings is 1. The van der Waals surface area contributed by atoms with Gasteiger partial charge in [0.25, 0.3) is 5.91 Å². The number of nitrogens with one attached hydrogen (secondary N) is 2. The van der Waals surface area contributed by atoms with E-state index in [2.05, 4.69) is 17.4 Å². The molecule has 30 heavy (non-hydrogen) atoms. The Labute approximate surface area is 179 Å². The fraction of sp³-hybridized carbons (Fsp3) is 0.435. The average Bonchev–Trinajstić information content (AvgIpc) is 2.74. The van der Waals surface area contributed by atoms with Gasteiger partial charge < -0.3 is 10.2 Å². The Balaban J connectivity index is 1.41. The number of carbonyl (C=O) groups is 1. The zero-order valence-electron chi connectivity index (χ0n) is 17.9. The Morgan fingerprint density at radius 2 is 1.73 bits per heavy atom. The van der Waals surface area contributed by atoms with Crippen LogP contribution in [0.1, 0.15) is 23.1 Å². The molecule has 3 rings (SSSR count). The van der Waals surface area contributed by atoms with E-state index in [-0.39, 0.29) is 5.91 Å². The van der Waals surface area contributed by atoms with Crippen molar-refractivity contribution in [2.24, 2.45) is 0 Å². The zero-order chi connectivity index (χ0) is 21.6. The first-order valence-electron chi connectivity index (χ1n) is 10.6. The maximum Gasteiger partial charge on any atom is 0.275 e. The molecular formula is C23H32N3O3S+. The Morgan fingerprint density at radius 1 is 1.03 bits per heavy atom. The highest BCUT2D eigenvalue weighted by atomic mass is 32.2. The van der Waals surface area contributed by atoms with E-state index in [1.54, 1.807) is 16.4 Å². The number of hydrogen-bond acceptors (Lipinski definition) is 3. The minimum absolute atomic E-state index is 0.0310. The van der Waals surface area contributed by atoms with E-state index in [1.165, 1.54) is 5.56 Å². The van der Waals surface area contributed by atoms with Crippen molar-refractivity contribution in [1.29, 1.82) is 0 Å². The molecule has 0 saturated carbocycles. The molecule has 1 fully saturated rings. The molecule has 1 amide bonds. The summed E-state index contributed by atoms with van der Waals surface area (Å²) < 4.78 is 27.4. The maximum atomic E-state index is 12.9. The number of aryl methyl sites for hydroxylation is 3. The SMILES string of the molecule is Cc1ccc(S(=O)(=O)N2CC[NH+](CC(=O)NCCCc3ccccc3)CC2)cc1C. The van der Waals surface area contributed by atoms with Gasteiger partial charge in [0.15, 0.2) is 6.54 Å². The fourth-order valence-electron chi connectivity index (χ4n) is 3.70. The molecular weight excluding hydrogens is 398 g/mol. The predicted octanol–water partition coefficient (Wildman–Crippen LogP) is 0.942. The molecule has 0 aliphatic carbocycles. The number of nitrogens with zero attached hydrogens (tertiary/aromatic N) is 1. The molecule has 0 atom stereocenters. The Bertz CT molecular complexity index is 953. The molecule has 0 bridgehead atoms. The summed E-state index contributed by atoms with van der Waals surface area (Å²) in [5.41, 5.74) is 3.33. The van der Waals surface area contributed by atoms with E-state index in [9.17, 15) is 13.2 Å². The lowest BCUT2D eigenvalue weighted by atomic mass is 10.1. The molecule has 162 valence electrons. The van der Waals surface area contributed by atoms with Crippen LogP contribution in [0, 0.1) is 13.8 Å². The molecule has 2 aromatic rings. The topological polar surface area (TPSA) is 70.9 Å². The summed E-state index contributed by atoms with van der Waals surface area (Å²) in [5, 5.41) is 2.99. The van der Waals surface area contributed by atoms with Gasteiger partial charge in [-0.1, -0.05) is 36.4 Å². The van der Waals surface area contributed by atoms with Crippen LogP contribution >= 0.6 is 0 Å². The third-order valence-corrected chi connectivity index (χ3v) is 7.66.